The van der Waals surface area contributed by atoms with E-state index in [2.05, 4.69) is 9.98 Å². The van der Waals surface area contributed by atoms with E-state index in [0.717, 1.165) is 19.4 Å². The van der Waals surface area contributed by atoms with E-state index < -0.39 is 0 Å². The molecule has 0 saturated carbocycles. The summed E-state index contributed by atoms with van der Waals surface area (Å²) in [5.74, 6) is 0.593. The molecule has 4 heteroatoms. The van der Waals surface area contributed by atoms with Crippen molar-refractivity contribution in [2.75, 3.05) is 6.61 Å². The van der Waals surface area contributed by atoms with E-state index in [1.165, 1.54) is 6.08 Å². The molecule has 1 aliphatic carbocycles. The molecule has 2 aliphatic heterocycles. The minimum absolute atomic E-state index is 0.0169. The van der Waals surface area contributed by atoms with Gasteiger partial charge in [-0.3, -0.25) is 4.79 Å². The van der Waals surface area contributed by atoms with Crippen LogP contribution in [0.3, 0.4) is 0 Å². The van der Waals surface area contributed by atoms with Crippen LogP contribution < -0.4 is 0 Å². The van der Waals surface area contributed by atoms with Crippen LogP contribution in [0.2, 0.25) is 0 Å². The zero-order chi connectivity index (χ0) is 10.3. The Morgan fingerprint density at radius 2 is 2.33 bits per heavy atom. The highest BCUT2D eigenvalue weighted by atomic mass is 16.5. The Morgan fingerprint density at radius 1 is 1.40 bits per heavy atom. The summed E-state index contributed by atoms with van der Waals surface area (Å²) in [6, 6.07) is 0. The molecule has 2 heterocycles. The molecule has 1 fully saturated rings. The second-order valence-electron chi connectivity index (χ2n) is 3.71. The van der Waals surface area contributed by atoms with Crippen LogP contribution in [-0.2, 0) is 9.53 Å². The Kier molecular flexibility index (Phi) is 1.89. The van der Waals surface area contributed by atoms with Gasteiger partial charge in [-0.1, -0.05) is 6.08 Å². The second-order valence-corrected chi connectivity index (χ2v) is 3.71. The standard InChI is InChI=1S/C11H10N2O2/c14-8-4-1-3-7-10(8)13-11(12-7)9-5-2-6-15-9/h1,3-4,9H,2,5-6H2. The normalized spacial score (nSPS) is 28.7. The highest BCUT2D eigenvalue weighted by Gasteiger charge is 2.29. The molecule has 0 bridgehead atoms. The van der Waals surface area contributed by atoms with E-state index in [9.17, 15) is 4.79 Å². The topological polar surface area (TPSA) is 51.0 Å². The van der Waals surface area contributed by atoms with Crippen LogP contribution in [0.1, 0.15) is 12.8 Å². The molecule has 1 saturated heterocycles. The fourth-order valence-electron chi connectivity index (χ4n) is 1.90. The van der Waals surface area contributed by atoms with Gasteiger partial charge < -0.3 is 4.74 Å². The molecule has 0 aromatic heterocycles. The molecule has 0 spiro atoms. The first-order valence-corrected chi connectivity index (χ1v) is 5.06. The van der Waals surface area contributed by atoms with E-state index in [-0.39, 0.29) is 11.9 Å². The predicted molar refractivity (Wildman–Crippen MR) is 56.1 cm³/mol. The van der Waals surface area contributed by atoms with E-state index >= 15 is 0 Å². The van der Waals surface area contributed by atoms with Crippen LogP contribution in [0, 0.1) is 0 Å². The summed E-state index contributed by atoms with van der Waals surface area (Å²) in [6.07, 6.45) is 7.00. The molecule has 76 valence electrons. The number of allylic oxidation sites excluding steroid dienone is 4. The molecule has 1 atom stereocenters. The average molecular weight is 202 g/mol. The third kappa shape index (κ3) is 1.37. The number of amidine groups is 1. The highest BCUT2D eigenvalue weighted by Crippen LogP contribution is 2.22. The predicted octanol–water partition coefficient (Wildman–Crippen LogP) is 1.04. The number of hydrogen-bond donors (Lipinski definition) is 0. The lowest BCUT2D eigenvalue weighted by atomic mass is 10.1. The van der Waals surface area contributed by atoms with Crippen molar-refractivity contribution in [1.29, 1.82) is 0 Å². The smallest absolute Gasteiger partial charge is 0.206 e. The number of carbonyl (C=O) groups excluding carboxylic acids is 1. The molecular weight excluding hydrogens is 192 g/mol. The molecule has 1 unspecified atom stereocenters. The van der Waals surface area contributed by atoms with Crippen molar-refractivity contribution in [1.82, 2.24) is 0 Å². The molecule has 15 heavy (non-hydrogen) atoms. The van der Waals surface area contributed by atoms with Crippen LogP contribution in [0.5, 0.6) is 0 Å². The molecule has 0 amide bonds. The lowest BCUT2D eigenvalue weighted by Gasteiger charge is -2.04. The number of ketones is 1. The van der Waals surface area contributed by atoms with Gasteiger partial charge in [0.05, 0.1) is 5.70 Å². The highest BCUT2D eigenvalue weighted by molar-refractivity contribution is 6.53. The lowest BCUT2D eigenvalue weighted by molar-refractivity contribution is -0.108. The van der Waals surface area contributed by atoms with Crippen molar-refractivity contribution in [2.24, 2.45) is 9.98 Å². The molecule has 0 aromatic carbocycles. The Bertz CT molecular complexity index is 438. The quantitative estimate of drug-likeness (QED) is 0.596. The zero-order valence-corrected chi connectivity index (χ0v) is 8.14. The van der Waals surface area contributed by atoms with Crippen molar-refractivity contribution >= 4 is 17.3 Å². The molecular formula is C11H10N2O2. The third-order valence-corrected chi connectivity index (χ3v) is 2.66. The van der Waals surface area contributed by atoms with Crippen molar-refractivity contribution in [2.45, 2.75) is 18.9 Å². The van der Waals surface area contributed by atoms with Gasteiger partial charge in [-0.25, -0.2) is 9.98 Å². The first kappa shape index (κ1) is 8.73. The summed E-state index contributed by atoms with van der Waals surface area (Å²) >= 11 is 0. The number of hydrogen-bond acceptors (Lipinski definition) is 4. The van der Waals surface area contributed by atoms with Gasteiger partial charge in [0.2, 0.25) is 5.78 Å². The van der Waals surface area contributed by atoms with Gasteiger partial charge in [0.1, 0.15) is 11.8 Å². The fraction of sp³-hybridized carbons (Fsp3) is 0.364. The van der Waals surface area contributed by atoms with E-state index in [1.54, 1.807) is 6.08 Å². The molecule has 0 N–H and O–H groups in total. The van der Waals surface area contributed by atoms with E-state index in [0.29, 0.717) is 17.2 Å². The van der Waals surface area contributed by atoms with Gasteiger partial charge in [0.25, 0.3) is 0 Å². The SMILES string of the molecule is O=C1C=CC=C2N=C(C3CCCO3)N=C12. The average Bonchev–Trinajstić information content (AvgIpc) is 2.86. The maximum Gasteiger partial charge on any atom is 0.206 e. The monoisotopic (exact) mass is 202 g/mol. The van der Waals surface area contributed by atoms with Crippen LogP contribution in [0.4, 0.5) is 0 Å². The first-order chi connectivity index (χ1) is 7.34. The summed E-state index contributed by atoms with van der Waals surface area (Å²) in [6.45, 7) is 0.764. The molecule has 3 aliphatic rings. The molecule has 0 aromatic rings. The van der Waals surface area contributed by atoms with Gasteiger partial charge in [0.15, 0.2) is 5.84 Å². The lowest BCUT2D eigenvalue weighted by Crippen LogP contribution is -2.17. The summed E-state index contributed by atoms with van der Waals surface area (Å²) in [7, 11) is 0. The van der Waals surface area contributed by atoms with Crippen molar-refractivity contribution in [3.63, 3.8) is 0 Å². The number of rotatable bonds is 1. The summed E-state index contributed by atoms with van der Waals surface area (Å²) in [5.41, 5.74) is 1.14. The minimum Gasteiger partial charge on any atom is -0.370 e. The van der Waals surface area contributed by atoms with Gasteiger partial charge in [-0.05, 0) is 25.0 Å². The second kappa shape index (κ2) is 3.24. The minimum atomic E-state index is -0.0655. The van der Waals surface area contributed by atoms with Crippen molar-refractivity contribution in [3.05, 3.63) is 23.9 Å². The van der Waals surface area contributed by atoms with Gasteiger partial charge in [0, 0.05) is 6.61 Å². The third-order valence-electron chi connectivity index (χ3n) is 2.66. The van der Waals surface area contributed by atoms with Crippen LogP contribution >= 0.6 is 0 Å². The number of ether oxygens (including phenoxy) is 1. The molecule has 3 rings (SSSR count). The van der Waals surface area contributed by atoms with Gasteiger partial charge in [-0.15, -0.1) is 0 Å². The Hall–Kier alpha value is -1.55. The van der Waals surface area contributed by atoms with Crippen molar-refractivity contribution < 1.29 is 9.53 Å². The fourth-order valence-corrected chi connectivity index (χ4v) is 1.90. The van der Waals surface area contributed by atoms with Crippen molar-refractivity contribution in [3.8, 4) is 0 Å². The first-order valence-electron chi connectivity index (χ1n) is 5.06. The van der Waals surface area contributed by atoms with E-state index in [4.69, 9.17) is 4.74 Å². The number of nitrogens with zero attached hydrogens (tertiary/aromatic N) is 2. The molecule has 0 radical (unpaired) electrons. The maximum atomic E-state index is 11.5. The maximum absolute atomic E-state index is 11.5. The largest absolute Gasteiger partial charge is 0.370 e. The summed E-state index contributed by atoms with van der Waals surface area (Å²) in [4.78, 5) is 20.0. The Morgan fingerprint density at radius 3 is 3.07 bits per heavy atom. The van der Waals surface area contributed by atoms with Gasteiger partial charge >= 0.3 is 0 Å². The van der Waals surface area contributed by atoms with Crippen LogP contribution in [-0.4, -0.2) is 30.0 Å². The van der Waals surface area contributed by atoms with E-state index in [1.807, 2.05) is 6.08 Å². The van der Waals surface area contributed by atoms with Gasteiger partial charge in [-0.2, -0.15) is 0 Å². The number of aliphatic imine (C=N–C) groups is 2. The Balaban J connectivity index is 1.93. The summed E-state index contributed by atoms with van der Waals surface area (Å²) < 4.78 is 5.48. The molecule has 4 nitrogen and oxygen atoms in total. The number of fused-ring (bicyclic) bond motifs is 1. The summed E-state index contributed by atoms with van der Waals surface area (Å²) in [5, 5.41) is 0. The zero-order valence-electron chi connectivity index (χ0n) is 8.14. The van der Waals surface area contributed by atoms with Crippen LogP contribution in [0.25, 0.3) is 0 Å². The Labute approximate surface area is 87.1 Å². The number of carbonyl (C=O) groups is 1. The van der Waals surface area contributed by atoms with Crippen LogP contribution in [0.15, 0.2) is 33.9 Å².